The average molecular weight is 272 g/mol. The Morgan fingerprint density at radius 3 is 2.75 bits per heavy atom. The summed E-state index contributed by atoms with van der Waals surface area (Å²) in [6.07, 6.45) is 5.13. The molecule has 20 heavy (non-hydrogen) atoms. The number of hydrogen-bond acceptors (Lipinski definition) is 3. The SMILES string of the molecule is CC(C)(CN)CCCCOc1cccc2cccnc12. The van der Waals surface area contributed by atoms with Gasteiger partial charge >= 0.3 is 0 Å². The number of para-hydroxylation sites is 1. The molecule has 2 rings (SSSR count). The van der Waals surface area contributed by atoms with Crippen LogP contribution in [-0.4, -0.2) is 18.1 Å². The highest BCUT2D eigenvalue weighted by molar-refractivity contribution is 5.84. The summed E-state index contributed by atoms with van der Waals surface area (Å²) in [6, 6.07) is 10.1. The van der Waals surface area contributed by atoms with Crippen LogP contribution in [0.2, 0.25) is 0 Å². The maximum absolute atomic E-state index is 5.87. The first-order valence-electron chi connectivity index (χ1n) is 7.29. The van der Waals surface area contributed by atoms with E-state index in [0.717, 1.165) is 49.1 Å². The number of benzene rings is 1. The second-order valence-electron chi connectivity index (χ2n) is 6.01. The normalized spacial score (nSPS) is 11.8. The Bertz CT molecular complexity index is 546. The van der Waals surface area contributed by atoms with Crippen LogP contribution in [-0.2, 0) is 0 Å². The molecule has 2 aromatic rings. The van der Waals surface area contributed by atoms with Crippen molar-refractivity contribution in [2.75, 3.05) is 13.2 Å². The highest BCUT2D eigenvalue weighted by Gasteiger charge is 2.14. The first-order valence-corrected chi connectivity index (χ1v) is 7.29. The van der Waals surface area contributed by atoms with E-state index in [-0.39, 0.29) is 5.41 Å². The Kier molecular flexibility index (Phi) is 4.96. The molecule has 3 heteroatoms. The minimum Gasteiger partial charge on any atom is -0.491 e. The van der Waals surface area contributed by atoms with Gasteiger partial charge in [0.2, 0.25) is 0 Å². The van der Waals surface area contributed by atoms with Gasteiger partial charge < -0.3 is 10.5 Å². The average Bonchev–Trinajstić information content (AvgIpc) is 2.47. The molecule has 0 unspecified atom stereocenters. The third-order valence-corrected chi connectivity index (χ3v) is 3.65. The topological polar surface area (TPSA) is 48.1 Å². The molecular formula is C17H24N2O. The van der Waals surface area contributed by atoms with Crippen molar-refractivity contribution in [2.45, 2.75) is 33.1 Å². The molecule has 0 aliphatic rings. The van der Waals surface area contributed by atoms with Crippen molar-refractivity contribution in [3.63, 3.8) is 0 Å². The molecule has 0 fully saturated rings. The van der Waals surface area contributed by atoms with Crippen LogP contribution in [0.25, 0.3) is 10.9 Å². The number of pyridine rings is 1. The molecule has 108 valence electrons. The lowest BCUT2D eigenvalue weighted by molar-refractivity contribution is 0.280. The second-order valence-corrected chi connectivity index (χ2v) is 6.01. The van der Waals surface area contributed by atoms with Crippen LogP contribution in [0, 0.1) is 5.41 Å². The van der Waals surface area contributed by atoms with Crippen LogP contribution in [0.3, 0.4) is 0 Å². The summed E-state index contributed by atoms with van der Waals surface area (Å²) < 4.78 is 5.87. The molecule has 0 aliphatic carbocycles. The number of hydrogen-bond donors (Lipinski definition) is 1. The van der Waals surface area contributed by atoms with E-state index in [1.54, 1.807) is 6.20 Å². The van der Waals surface area contributed by atoms with Gasteiger partial charge in [0.15, 0.2) is 0 Å². The monoisotopic (exact) mass is 272 g/mol. The van der Waals surface area contributed by atoms with Crippen LogP contribution in [0.4, 0.5) is 0 Å². The molecule has 1 aromatic heterocycles. The third kappa shape index (κ3) is 3.94. The minimum absolute atomic E-state index is 0.237. The summed E-state index contributed by atoms with van der Waals surface area (Å²) in [5.41, 5.74) is 6.91. The second kappa shape index (κ2) is 6.71. The number of unbranched alkanes of at least 4 members (excludes halogenated alkanes) is 1. The smallest absolute Gasteiger partial charge is 0.145 e. The van der Waals surface area contributed by atoms with Crippen molar-refractivity contribution in [3.8, 4) is 5.75 Å². The Labute approximate surface area is 121 Å². The van der Waals surface area contributed by atoms with Crippen LogP contribution >= 0.6 is 0 Å². The quantitative estimate of drug-likeness (QED) is 0.780. The van der Waals surface area contributed by atoms with E-state index in [9.17, 15) is 0 Å². The van der Waals surface area contributed by atoms with Crippen LogP contribution in [0.1, 0.15) is 33.1 Å². The Morgan fingerprint density at radius 1 is 1.15 bits per heavy atom. The zero-order valence-corrected chi connectivity index (χ0v) is 12.4. The fourth-order valence-electron chi connectivity index (χ4n) is 2.18. The fourth-order valence-corrected chi connectivity index (χ4v) is 2.18. The van der Waals surface area contributed by atoms with Gasteiger partial charge in [-0.1, -0.05) is 32.0 Å². The van der Waals surface area contributed by atoms with Gasteiger partial charge in [-0.2, -0.15) is 0 Å². The summed E-state index contributed by atoms with van der Waals surface area (Å²) in [5.74, 6) is 0.876. The molecule has 1 aromatic carbocycles. The van der Waals surface area contributed by atoms with Gasteiger partial charge in [0.1, 0.15) is 11.3 Å². The standard InChI is InChI=1S/C17H24N2O/c1-17(2,13-18)10-3-4-12-20-15-9-5-7-14-8-6-11-19-16(14)15/h5-9,11H,3-4,10,12-13,18H2,1-2H3. The predicted octanol–water partition coefficient (Wildman–Crippen LogP) is 3.77. The van der Waals surface area contributed by atoms with Crippen molar-refractivity contribution in [1.29, 1.82) is 0 Å². The number of nitrogens with zero attached hydrogens (tertiary/aromatic N) is 1. The van der Waals surface area contributed by atoms with E-state index in [4.69, 9.17) is 10.5 Å². The molecular weight excluding hydrogens is 248 g/mol. The van der Waals surface area contributed by atoms with Gasteiger partial charge in [0.25, 0.3) is 0 Å². The lowest BCUT2D eigenvalue weighted by atomic mass is 9.87. The van der Waals surface area contributed by atoms with Crippen molar-refractivity contribution in [3.05, 3.63) is 36.5 Å². The number of fused-ring (bicyclic) bond motifs is 1. The van der Waals surface area contributed by atoms with Crippen molar-refractivity contribution < 1.29 is 4.74 Å². The van der Waals surface area contributed by atoms with E-state index in [0.29, 0.717) is 0 Å². The van der Waals surface area contributed by atoms with Gasteiger partial charge in [0, 0.05) is 11.6 Å². The van der Waals surface area contributed by atoms with Crippen molar-refractivity contribution in [1.82, 2.24) is 4.98 Å². The molecule has 0 radical (unpaired) electrons. The van der Waals surface area contributed by atoms with Gasteiger partial charge in [0.05, 0.1) is 6.61 Å². The summed E-state index contributed by atoms with van der Waals surface area (Å²) >= 11 is 0. The van der Waals surface area contributed by atoms with Crippen molar-refractivity contribution >= 4 is 10.9 Å². The van der Waals surface area contributed by atoms with Crippen LogP contribution in [0.5, 0.6) is 5.75 Å². The minimum atomic E-state index is 0.237. The summed E-state index contributed by atoms with van der Waals surface area (Å²) in [6.45, 7) is 5.89. The zero-order valence-electron chi connectivity index (χ0n) is 12.4. The van der Waals surface area contributed by atoms with E-state index >= 15 is 0 Å². The number of ether oxygens (including phenoxy) is 1. The molecule has 0 bridgehead atoms. The molecule has 2 N–H and O–H groups in total. The first kappa shape index (κ1) is 14.8. The summed E-state index contributed by atoms with van der Waals surface area (Å²) in [7, 11) is 0. The number of nitrogens with two attached hydrogens (primary N) is 1. The van der Waals surface area contributed by atoms with Gasteiger partial charge in [-0.3, -0.25) is 4.98 Å². The summed E-state index contributed by atoms with van der Waals surface area (Å²) in [4.78, 5) is 4.39. The van der Waals surface area contributed by atoms with E-state index in [2.05, 4.69) is 31.0 Å². The van der Waals surface area contributed by atoms with Gasteiger partial charge in [-0.05, 0) is 43.4 Å². The first-order chi connectivity index (χ1) is 9.62. The Hall–Kier alpha value is -1.61. The zero-order chi connectivity index (χ0) is 14.4. The lowest BCUT2D eigenvalue weighted by Crippen LogP contribution is -2.23. The van der Waals surface area contributed by atoms with E-state index in [1.807, 2.05) is 18.2 Å². The molecule has 1 heterocycles. The van der Waals surface area contributed by atoms with E-state index in [1.165, 1.54) is 0 Å². The number of rotatable bonds is 7. The van der Waals surface area contributed by atoms with Gasteiger partial charge in [-0.15, -0.1) is 0 Å². The maximum Gasteiger partial charge on any atom is 0.145 e. The lowest BCUT2D eigenvalue weighted by Gasteiger charge is -2.21. The molecule has 0 spiro atoms. The molecule has 0 saturated carbocycles. The van der Waals surface area contributed by atoms with Crippen LogP contribution in [0.15, 0.2) is 36.5 Å². The highest BCUT2D eigenvalue weighted by atomic mass is 16.5. The Morgan fingerprint density at radius 2 is 1.95 bits per heavy atom. The van der Waals surface area contributed by atoms with Gasteiger partial charge in [-0.25, -0.2) is 0 Å². The predicted molar refractivity (Wildman–Crippen MR) is 83.9 cm³/mol. The highest BCUT2D eigenvalue weighted by Crippen LogP contribution is 2.24. The fraction of sp³-hybridized carbons (Fsp3) is 0.471. The molecule has 0 atom stereocenters. The van der Waals surface area contributed by atoms with Crippen LogP contribution < -0.4 is 10.5 Å². The molecule has 0 saturated heterocycles. The molecule has 0 amide bonds. The van der Waals surface area contributed by atoms with E-state index < -0.39 is 0 Å². The molecule has 3 nitrogen and oxygen atoms in total. The Balaban J connectivity index is 1.85. The third-order valence-electron chi connectivity index (χ3n) is 3.65. The summed E-state index contributed by atoms with van der Waals surface area (Å²) in [5, 5.41) is 1.12. The number of aromatic nitrogens is 1. The maximum atomic E-state index is 5.87. The van der Waals surface area contributed by atoms with Crippen molar-refractivity contribution in [2.24, 2.45) is 11.1 Å². The largest absolute Gasteiger partial charge is 0.491 e. The molecule has 0 aliphatic heterocycles.